The van der Waals surface area contributed by atoms with Crippen molar-refractivity contribution in [2.24, 2.45) is 0 Å². The normalized spacial score (nSPS) is 11.8. The second kappa shape index (κ2) is 7.17. The smallest absolute Gasteiger partial charge is 0.178 e. The summed E-state index contributed by atoms with van der Waals surface area (Å²) in [4.78, 5) is 0.306. The molecule has 0 saturated heterocycles. The number of sulfone groups is 1. The van der Waals surface area contributed by atoms with E-state index in [2.05, 4.69) is 0 Å². The van der Waals surface area contributed by atoms with E-state index < -0.39 is 9.84 Å². The summed E-state index contributed by atoms with van der Waals surface area (Å²) in [6.45, 7) is 3.45. The number of hydrogen-bond donors (Lipinski definition) is 1. The number of rotatable bonds is 5. The van der Waals surface area contributed by atoms with E-state index in [1.165, 1.54) is 12.1 Å². The monoisotopic (exact) mass is 372 g/mol. The summed E-state index contributed by atoms with van der Waals surface area (Å²) in [7, 11) is -3.23. The topological polar surface area (TPSA) is 54.4 Å². The van der Waals surface area contributed by atoms with Gasteiger partial charge in [0.15, 0.2) is 9.84 Å². The fraction of sp³-hybridized carbons (Fsp3) is 0.238. The van der Waals surface area contributed by atoms with Gasteiger partial charge in [0.2, 0.25) is 0 Å². The van der Waals surface area contributed by atoms with E-state index in [0.717, 1.165) is 33.0 Å². The van der Waals surface area contributed by atoms with Crippen LogP contribution in [-0.2, 0) is 22.9 Å². The zero-order valence-electron chi connectivity index (χ0n) is 14.8. The SMILES string of the molecule is CCS(=O)(=O)c1ccc(Cc2c(C)c(CO)cc3ccc(F)cc23)cc1. The summed E-state index contributed by atoms with van der Waals surface area (Å²) in [5.41, 5.74) is 3.61. The number of halogens is 1. The van der Waals surface area contributed by atoms with Crippen LogP contribution in [0.2, 0.25) is 0 Å². The summed E-state index contributed by atoms with van der Waals surface area (Å²) in [5.74, 6) is -0.243. The van der Waals surface area contributed by atoms with Gasteiger partial charge in [-0.25, -0.2) is 12.8 Å². The van der Waals surface area contributed by atoms with Crippen LogP contribution in [0.3, 0.4) is 0 Å². The van der Waals surface area contributed by atoms with Crippen molar-refractivity contribution in [2.75, 3.05) is 5.75 Å². The van der Waals surface area contributed by atoms with Gasteiger partial charge in [-0.15, -0.1) is 0 Å². The largest absolute Gasteiger partial charge is 0.392 e. The maximum atomic E-state index is 13.8. The van der Waals surface area contributed by atoms with Crippen LogP contribution in [0.4, 0.5) is 4.39 Å². The molecule has 3 rings (SSSR count). The van der Waals surface area contributed by atoms with Gasteiger partial charge in [-0.2, -0.15) is 0 Å². The van der Waals surface area contributed by atoms with Crippen molar-refractivity contribution in [3.8, 4) is 0 Å². The first-order valence-electron chi connectivity index (χ1n) is 8.49. The zero-order chi connectivity index (χ0) is 18.9. The third-order valence-electron chi connectivity index (χ3n) is 4.82. The molecule has 0 radical (unpaired) electrons. The van der Waals surface area contributed by atoms with Crippen molar-refractivity contribution in [1.29, 1.82) is 0 Å². The number of hydrogen-bond acceptors (Lipinski definition) is 3. The van der Waals surface area contributed by atoms with Gasteiger partial charge in [-0.3, -0.25) is 0 Å². The highest BCUT2D eigenvalue weighted by Gasteiger charge is 2.14. The first kappa shape index (κ1) is 18.5. The molecule has 5 heteroatoms. The van der Waals surface area contributed by atoms with Crippen LogP contribution in [0.5, 0.6) is 0 Å². The molecule has 0 aliphatic rings. The highest BCUT2D eigenvalue weighted by atomic mass is 32.2. The number of aliphatic hydroxyl groups is 1. The second-order valence-corrected chi connectivity index (χ2v) is 8.67. The molecule has 0 amide bonds. The van der Waals surface area contributed by atoms with Crippen molar-refractivity contribution in [3.63, 3.8) is 0 Å². The van der Waals surface area contributed by atoms with E-state index in [4.69, 9.17) is 0 Å². The summed E-state index contributed by atoms with van der Waals surface area (Å²) in [6.07, 6.45) is 0.534. The van der Waals surface area contributed by atoms with Crippen LogP contribution in [0, 0.1) is 12.7 Å². The lowest BCUT2D eigenvalue weighted by atomic mass is 9.91. The van der Waals surface area contributed by atoms with Gasteiger partial charge in [0, 0.05) is 0 Å². The highest BCUT2D eigenvalue weighted by molar-refractivity contribution is 7.91. The Hall–Kier alpha value is -2.24. The van der Waals surface area contributed by atoms with Crippen LogP contribution in [-0.4, -0.2) is 19.3 Å². The van der Waals surface area contributed by atoms with Crippen molar-refractivity contribution >= 4 is 20.6 Å². The molecule has 0 bridgehead atoms. The Balaban J connectivity index is 2.08. The third-order valence-corrected chi connectivity index (χ3v) is 6.57. The molecule has 0 saturated carbocycles. The average molecular weight is 372 g/mol. The summed E-state index contributed by atoms with van der Waals surface area (Å²) in [6, 6.07) is 13.3. The molecule has 3 nitrogen and oxygen atoms in total. The predicted molar refractivity (Wildman–Crippen MR) is 102 cm³/mol. The zero-order valence-corrected chi connectivity index (χ0v) is 15.6. The first-order chi connectivity index (χ1) is 12.4. The molecule has 1 N–H and O–H groups in total. The molecule has 0 fully saturated rings. The Morgan fingerprint density at radius 2 is 1.73 bits per heavy atom. The van der Waals surface area contributed by atoms with E-state index >= 15 is 0 Å². The minimum atomic E-state index is -3.23. The Morgan fingerprint density at radius 3 is 2.35 bits per heavy atom. The first-order valence-corrected chi connectivity index (χ1v) is 10.1. The molecule has 0 unspecified atom stereocenters. The minimum absolute atomic E-state index is 0.0634. The van der Waals surface area contributed by atoms with Gasteiger partial charge in [0.05, 0.1) is 17.3 Å². The fourth-order valence-corrected chi connectivity index (χ4v) is 4.07. The second-order valence-electron chi connectivity index (χ2n) is 6.39. The summed E-state index contributed by atoms with van der Waals surface area (Å²) in [5, 5.41) is 11.3. The molecule has 136 valence electrons. The van der Waals surface area contributed by atoms with E-state index in [1.54, 1.807) is 37.3 Å². The minimum Gasteiger partial charge on any atom is -0.392 e. The predicted octanol–water partition coefficient (Wildman–Crippen LogP) is 4.16. The molecule has 0 aliphatic carbocycles. The molecule has 0 spiro atoms. The van der Waals surface area contributed by atoms with Crippen LogP contribution in [0.25, 0.3) is 10.8 Å². The molecular formula is C21H21FO3S. The molecule has 0 aliphatic heterocycles. The van der Waals surface area contributed by atoms with E-state index in [0.29, 0.717) is 11.3 Å². The van der Waals surface area contributed by atoms with Gasteiger partial charge >= 0.3 is 0 Å². The van der Waals surface area contributed by atoms with Gasteiger partial charge < -0.3 is 5.11 Å². The van der Waals surface area contributed by atoms with Crippen LogP contribution >= 0.6 is 0 Å². The number of fused-ring (bicyclic) bond motifs is 1. The van der Waals surface area contributed by atoms with Crippen LogP contribution in [0.15, 0.2) is 53.4 Å². The molecular weight excluding hydrogens is 351 g/mol. The van der Waals surface area contributed by atoms with Gasteiger partial charge in [-0.1, -0.05) is 25.1 Å². The van der Waals surface area contributed by atoms with E-state index in [9.17, 15) is 17.9 Å². The Morgan fingerprint density at radius 1 is 1.04 bits per heavy atom. The lowest BCUT2D eigenvalue weighted by Crippen LogP contribution is -2.04. The van der Waals surface area contributed by atoms with Crippen LogP contribution < -0.4 is 0 Å². The van der Waals surface area contributed by atoms with Gasteiger partial charge in [0.25, 0.3) is 0 Å². The lowest BCUT2D eigenvalue weighted by molar-refractivity contribution is 0.281. The van der Waals surface area contributed by atoms with Crippen molar-refractivity contribution in [2.45, 2.75) is 31.8 Å². The summed E-state index contributed by atoms with van der Waals surface area (Å²) < 4.78 is 37.7. The van der Waals surface area contributed by atoms with Crippen molar-refractivity contribution < 1.29 is 17.9 Å². The Kier molecular flexibility index (Phi) is 5.12. The quantitative estimate of drug-likeness (QED) is 0.731. The molecule has 26 heavy (non-hydrogen) atoms. The Labute approximate surface area is 153 Å². The summed E-state index contributed by atoms with van der Waals surface area (Å²) >= 11 is 0. The highest BCUT2D eigenvalue weighted by Crippen LogP contribution is 2.29. The standard InChI is InChI=1S/C21H21FO3S/c1-3-26(24,25)19-8-4-15(5-9-19)10-20-14(2)17(13-23)11-16-6-7-18(22)12-21(16)20/h4-9,11-12,23H,3,10,13H2,1-2H3. The Bertz CT molecular complexity index is 1050. The molecule has 0 atom stereocenters. The van der Waals surface area contributed by atoms with E-state index in [1.807, 2.05) is 13.0 Å². The molecule has 3 aromatic rings. The molecule has 0 aromatic heterocycles. The average Bonchev–Trinajstić information content (AvgIpc) is 2.64. The number of benzene rings is 3. The van der Waals surface area contributed by atoms with Gasteiger partial charge in [0.1, 0.15) is 5.82 Å². The lowest BCUT2D eigenvalue weighted by Gasteiger charge is -2.15. The van der Waals surface area contributed by atoms with Crippen LogP contribution in [0.1, 0.15) is 29.2 Å². The van der Waals surface area contributed by atoms with Crippen molar-refractivity contribution in [3.05, 3.63) is 76.6 Å². The van der Waals surface area contributed by atoms with E-state index in [-0.39, 0.29) is 18.2 Å². The van der Waals surface area contributed by atoms with Gasteiger partial charge in [-0.05, 0) is 76.7 Å². The number of aliphatic hydroxyl groups excluding tert-OH is 1. The molecule has 0 heterocycles. The third kappa shape index (κ3) is 3.50. The maximum absolute atomic E-state index is 13.8. The fourth-order valence-electron chi connectivity index (χ4n) is 3.18. The molecule has 3 aromatic carbocycles. The van der Waals surface area contributed by atoms with Crippen molar-refractivity contribution in [1.82, 2.24) is 0 Å². The maximum Gasteiger partial charge on any atom is 0.178 e.